The van der Waals surface area contributed by atoms with Crippen LogP contribution in [0.25, 0.3) is 0 Å². The van der Waals surface area contributed by atoms with Crippen molar-refractivity contribution in [3.63, 3.8) is 0 Å². The van der Waals surface area contributed by atoms with Gasteiger partial charge < -0.3 is 21.3 Å². The summed E-state index contributed by atoms with van der Waals surface area (Å²) in [5.41, 5.74) is 5.28. The number of aliphatic carboxylic acids is 1. The highest BCUT2D eigenvalue weighted by Gasteiger charge is 2.10. The van der Waals surface area contributed by atoms with Crippen LogP contribution in [0, 0.1) is 0 Å². The number of carboxylic acids is 1. The molecule has 0 aliphatic rings. The van der Waals surface area contributed by atoms with E-state index in [1.165, 1.54) is 6.92 Å². The van der Waals surface area contributed by atoms with Crippen LogP contribution in [0.15, 0.2) is 0 Å². The second kappa shape index (κ2) is 7.19. The van der Waals surface area contributed by atoms with Crippen LogP contribution in [0.2, 0.25) is 0 Å². The van der Waals surface area contributed by atoms with Crippen LogP contribution in [-0.4, -0.2) is 40.8 Å². The molecular formula is C9H18N2O4. The average molecular weight is 218 g/mol. The van der Waals surface area contributed by atoms with Crippen molar-refractivity contribution in [3.8, 4) is 0 Å². The van der Waals surface area contributed by atoms with Crippen LogP contribution < -0.4 is 11.1 Å². The van der Waals surface area contributed by atoms with Gasteiger partial charge in [0.1, 0.15) is 12.1 Å². The molecule has 2 atom stereocenters. The number of rotatable bonds is 7. The zero-order chi connectivity index (χ0) is 11.8. The number of hydrogen-bond donors (Lipinski definition) is 4. The van der Waals surface area contributed by atoms with E-state index < -0.39 is 24.0 Å². The number of carboxylic acid groups (broad SMARTS) is 1. The predicted molar refractivity (Wildman–Crippen MR) is 54.2 cm³/mol. The fourth-order valence-electron chi connectivity index (χ4n) is 0.972. The highest BCUT2D eigenvalue weighted by molar-refractivity contribution is 5.79. The van der Waals surface area contributed by atoms with Crippen LogP contribution in [0.1, 0.15) is 26.2 Å². The topological polar surface area (TPSA) is 113 Å². The molecule has 5 N–H and O–H groups in total. The van der Waals surface area contributed by atoms with E-state index in [1.807, 2.05) is 0 Å². The summed E-state index contributed by atoms with van der Waals surface area (Å²) in [6, 6.07) is -0.836. The van der Waals surface area contributed by atoms with Crippen molar-refractivity contribution in [1.82, 2.24) is 5.32 Å². The number of aliphatic hydroxyl groups excluding tert-OH is 1. The Bertz CT molecular complexity index is 218. The van der Waals surface area contributed by atoms with Crippen molar-refractivity contribution in [1.29, 1.82) is 0 Å². The van der Waals surface area contributed by atoms with Crippen molar-refractivity contribution >= 4 is 11.9 Å². The van der Waals surface area contributed by atoms with Crippen molar-refractivity contribution < 1.29 is 19.8 Å². The number of aliphatic hydroxyl groups is 1. The van der Waals surface area contributed by atoms with Crippen LogP contribution in [0.3, 0.4) is 0 Å². The van der Waals surface area contributed by atoms with E-state index in [0.717, 1.165) is 0 Å². The smallest absolute Gasteiger partial charge is 0.320 e. The van der Waals surface area contributed by atoms with Crippen molar-refractivity contribution in [2.75, 3.05) is 6.54 Å². The van der Waals surface area contributed by atoms with Gasteiger partial charge in [-0.2, -0.15) is 0 Å². The largest absolute Gasteiger partial charge is 0.480 e. The first kappa shape index (κ1) is 13.9. The van der Waals surface area contributed by atoms with Gasteiger partial charge in [0.15, 0.2) is 0 Å². The van der Waals surface area contributed by atoms with Crippen LogP contribution in [-0.2, 0) is 9.59 Å². The zero-order valence-corrected chi connectivity index (χ0v) is 8.77. The molecule has 0 heterocycles. The number of hydrogen-bond acceptors (Lipinski definition) is 4. The molecule has 0 aliphatic carbocycles. The number of unbranched alkanes of at least 4 members (excludes halogenated alkanes) is 1. The number of nitrogens with two attached hydrogens (primary N) is 1. The number of nitrogens with one attached hydrogen (secondary N) is 1. The minimum atomic E-state index is -1.01. The Balaban J connectivity index is 3.40. The molecule has 6 nitrogen and oxygen atoms in total. The molecule has 0 rings (SSSR count). The van der Waals surface area contributed by atoms with Gasteiger partial charge in [0, 0.05) is 6.54 Å². The molecule has 0 saturated carbocycles. The van der Waals surface area contributed by atoms with Crippen LogP contribution in [0.5, 0.6) is 0 Å². The van der Waals surface area contributed by atoms with Gasteiger partial charge in [0.2, 0.25) is 5.91 Å². The summed E-state index contributed by atoms with van der Waals surface area (Å²) < 4.78 is 0. The Morgan fingerprint density at radius 3 is 2.47 bits per heavy atom. The molecule has 1 amide bonds. The molecule has 0 bridgehead atoms. The summed E-state index contributed by atoms with van der Waals surface area (Å²) in [6.45, 7) is 1.81. The number of carbonyl (C=O) groups is 2. The van der Waals surface area contributed by atoms with Gasteiger partial charge in [0.05, 0.1) is 0 Å². The Labute approximate surface area is 88.5 Å². The monoisotopic (exact) mass is 218 g/mol. The van der Waals surface area contributed by atoms with E-state index in [2.05, 4.69) is 5.32 Å². The fourth-order valence-corrected chi connectivity index (χ4v) is 0.972. The van der Waals surface area contributed by atoms with Gasteiger partial charge >= 0.3 is 5.97 Å². The van der Waals surface area contributed by atoms with Crippen LogP contribution in [0.4, 0.5) is 0 Å². The number of carbonyl (C=O) groups excluding carboxylic acids is 1. The Morgan fingerprint density at radius 2 is 2.00 bits per heavy atom. The molecular weight excluding hydrogens is 200 g/mol. The van der Waals surface area contributed by atoms with Crippen molar-refractivity contribution in [2.24, 2.45) is 5.73 Å². The second-order valence-electron chi connectivity index (χ2n) is 3.41. The molecule has 15 heavy (non-hydrogen) atoms. The lowest BCUT2D eigenvalue weighted by molar-refractivity contribution is -0.138. The van der Waals surface area contributed by atoms with Crippen molar-refractivity contribution in [2.45, 2.75) is 38.3 Å². The molecule has 0 radical (unpaired) electrons. The molecule has 1 unspecified atom stereocenters. The average Bonchev–Trinajstić information content (AvgIpc) is 2.16. The summed E-state index contributed by atoms with van der Waals surface area (Å²) in [5, 5.41) is 19.8. The zero-order valence-electron chi connectivity index (χ0n) is 8.77. The standard InChI is InChI=1S/C9H18N2O4/c1-6(12)8(13)11-5-3-2-4-7(10)9(14)15/h6-7,12H,2-5,10H2,1H3,(H,11,13)(H,14,15)/t6?,7-/m0/s1. The van der Waals surface area contributed by atoms with E-state index >= 15 is 0 Å². The second-order valence-corrected chi connectivity index (χ2v) is 3.41. The summed E-state index contributed by atoms with van der Waals surface area (Å²) >= 11 is 0. The quantitative estimate of drug-likeness (QED) is 0.412. The first-order valence-corrected chi connectivity index (χ1v) is 4.89. The summed E-state index contributed by atoms with van der Waals surface area (Å²) in [7, 11) is 0. The van der Waals surface area contributed by atoms with Gasteiger partial charge in [-0.1, -0.05) is 0 Å². The van der Waals surface area contributed by atoms with Gasteiger partial charge in [0.25, 0.3) is 0 Å². The van der Waals surface area contributed by atoms with E-state index in [1.54, 1.807) is 0 Å². The minimum absolute atomic E-state index is 0.389. The third-order valence-electron chi connectivity index (χ3n) is 1.94. The number of amides is 1. The summed E-state index contributed by atoms with van der Waals surface area (Å²) in [5.74, 6) is -1.43. The molecule has 0 aromatic heterocycles. The lowest BCUT2D eigenvalue weighted by Crippen LogP contribution is -2.33. The highest BCUT2D eigenvalue weighted by atomic mass is 16.4. The van der Waals surface area contributed by atoms with E-state index in [9.17, 15) is 9.59 Å². The van der Waals surface area contributed by atoms with Gasteiger partial charge in [-0.25, -0.2) is 0 Å². The molecule has 0 aromatic rings. The first-order chi connectivity index (χ1) is 6.95. The van der Waals surface area contributed by atoms with E-state index in [0.29, 0.717) is 25.8 Å². The lowest BCUT2D eigenvalue weighted by atomic mass is 10.1. The molecule has 88 valence electrons. The molecule has 0 aromatic carbocycles. The summed E-state index contributed by atoms with van der Waals surface area (Å²) in [6.07, 6.45) is 0.665. The molecule has 0 saturated heterocycles. The van der Waals surface area contributed by atoms with E-state index in [-0.39, 0.29) is 0 Å². The van der Waals surface area contributed by atoms with Gasteiger partial charge in [-0.05, 0) is 26.2 Å². The van der Waals surface area contributed by atoms with Crippen LogP contribution >= 0.6 is 0 Å². The minimum Gasteiger partial charge on any atom is -0.480 e. The maximum absolute atomic E-state index is 10.9. The molecule has 0 aliphatic heterocycles. The molecule has 0 spiro atoms. The summed E-state index contributed by atoms with van der Waals surface area (Å²) in [4.78, 5) is 21.2. The predicted octanol–water partition coefficient (Wildman–Crippen LogP) is -0.934. The normalized spacial score (nSPS) is 14.3. The molecule has 0 fully saturated rings. The van der Waals surface area contributed by atoms with E-state index in [4.69, 9.17) is 15.9 Å². The lowest BCUT2D eigenvalue weighted by Gasteiger charge is -2.08. The van der Waals surface area contributed by atoms with Crippen molar-refractivity contribution in [3.05, 3.63) is 0 Å². The third kappa shape index (κ3) is 6.87. The molecule has 6 heteroatoms. The maximum atomic E-state index is 10.9. The van der Waals surface area contributed by atoms with Gasteiger partial charge in [-0.15, -0.1) is 0 Å². The Morgan fingerprint density at radius 1 is 1.40 bits per heavy atom. The SMILES string of the molecule is CC(O)C(=O)NCCCC[C@H](N)C(=O)O. The first-order valence-electron chi connectivity index (χ1n) is 4.89. The Hall–Kier alpha value is -1.14. The highest BCUT2D eigenvalue weighted by Crippen LogP contribution is 1.98. The van der Waals surface area contributed by atoms with Gasteiger partial charge in [-0.3, -0.25) is 9.59 Å². The Kier molecular flexibility index (Phi) is 6.64. The third-order valence-corrected chi connectivity index (χ3v) is 1.94. The fraction of sp³-hybridized carbons (Fsp3) is 0.778. The maximum Gasteiger partial charge on any atom is 0.320 e.